The van der Waals surface area contributed by atoms with Gasteiger partial charge in [0, 0.05) is 0 Å². The molecule has 4 heteroatoms. The van der Waals surface area contributed by atoms with Gasteiger partial charge in [0.05, 0.1) is 24.1 Å². The summed E-state index contributed by atoms with van der Waals surface area (Å²) in [7, 11) is 0. The van der Waals surface area contributed by atoms with Crippen LogP contribution in [0.1, 0.15) is 39.0 Å². The van der Waals surface area contributed by atoms with Crippen molar-refractivity contribution < 1.29 is 14.3 Å². The third kappa shape index (κ3) is 2.78. The van der Waals surface area contributed by atoms with Crippen LogP contribution in [0, 0.1) is 23.7 Å². The molecule has 3 aliphatic rings. The molecule has 0 aromatic heterocycles. The van der Waals surface area contributed by atoms with Crippen LogP contribution >= 0.6 is 0 Å². The van der Waals surface area contributed by atoms with Crippen molar-refractivity contribution in [3.05, 3.63) is 36.4 Å². The summed E-state index contributed by atoms with van der Waals surface area (Å²) in [6.07, 6.45) is 9.90. The van der Waals surface area contributed by atoms with Crippen molar-refractivity contribution in [3.63, 3.8) is 0 Å². The Balaban J connectivity index is 1.41. The SMILES string of the molecule is CCCCCCOc1ccc(N2C(=O)[C@H]3[C@H](C2=O)[C@H]2C=C[C@H]3C2)cc1. The van der Waals surface area contributed by atoms with E-state index in [0.29, 0.717) is 12.3 Å². The number of anilines is 1. The van der Waals surface area contributed by atoms with Gasteiger partial charge in [-0.05, 0) is 48.9 Å². The molecule has 1 aromatic carbocycles. The molecule has 1 saturated carbocycles. The number of hydrogen-bond donors (Lipinski definition) is 0. The van der Waals surface area contributed by atoms with Crippen LogP contribution in [0.5, 0.6) is 5.75 Å². The summed E-state index contributed by atoms with van der Waals surface area (Å²) in [5, 5.41) is 0. The molecule has 132 valence electrons. The zero-order valence-electron chi connectivity index (χ0n) is 14.7. The highest BCUT2D eigenvalue weighted by Gasteiger charge is 2.59. The molecule has 0 unspecified atom stereocenters. The zero-order chi connectivity index (χ0) is 17.4. The number of amides is 2. The van der Waals surface area contributed by atoms with Crippen LogP contribution in [0.4, 0.5) is 5.69 Å². The van der Waals surface area contributed by atoms with E-state index in [-0.39, 0.29) is 35.5 Å². The van der Waals surface area contributed by atoms with Gasteiger partial charge in [0.15, 0.2) is 0 Å². The van der Waals surface area contributed by atoms with Gasteiger partial charge in [-0.15, -0.1) is 0 Å². The molecule has 2 fully saturated rings. The van der Waals surface area contributed by atoms with Crippen LogP contribution in [0.3, 0.4) is 0 Å². The number of ether oxygens (including phenoxy) is 1. The van der Waals surface area contributed by atoms with Crippen molar-refractivity contribution in [2.75, 3.05) is 11.5 Å². The standard InChI is InChI=1S/C21H25NO3/c1-2-3-4-5-12-25-17-10-8-16(9-11-17)22-20(23)18-14-6-7-15(13-14)19(18)21(22)24/h6-11,14-15,18-19H,2-5,12-13H2,1H3/t14-,15-,18+,19+/m0/s1. The fraction of sp³-hybridized carbons (Fsp3) is 0.524. The molecule has 1 aliphatic heterocycles. The molecule has 0 radical (unpaired) electrons. The lowest BCUT2D eigenvalue weighted by Gasteiger charge is -2.17. The van der Waals surface area contributed by atoms with Gasteiger partial charge in [-0.25, -0.2) is 0 Å². The Morgan fingerprint density at radius 1 is 0.960 bits per heavy atom. The van der Waals surface area contributed by atoms with Gasteiger partial charge in [0.1, 0.15) is 5.75 Å². The fourth-order valence-electron chi connectivity index (χ4n) is 4.57. The Kier molecular flexibility index (Phi) is 4.36. The van der Waals surface area contributed by atoms with Gasteiger partial charge in [0.25, 0.3) is 0 Å². The lowest BCUT2D eigenvalue weighted by Crippen LogP contribution is -2.32. The number of imide groups is 1. The average molecular weight is 339 g/mol. The predicted octanol–water partition coefficient (Wildman–Crippen LogP) is 3.96. The second-order valence-electron chi connectivity index (χ2n) is 7.41. The molecular formula is C21H25NO3. The lowest BCUT2D eigenvalue weighted by atomic mass is 9.85. The van der Waals surface area contributed by atoms with E-state index in [1.165, 1.54) is 24.2 Å². The largest absolute Gasteiger partial charge is 0.494 e. The smallest absolute Gasteiger partial charge is 0.238 e. The molecule has 0 N–H and O–H groups in total. The lowest BCUT2D eigenvalue weighted by molar-refractivity contribution is -0.123. The summed E-state index contributed by atoms with van der Waals surface area (Å²) in [6, 6.07) is 7.37. The molecule has 1 saturated heterocycles. The number of carbonyl (C=O) groups is 2. The number of nitrogens with zero attached hydrogens (tertiary/aromatic N) is 1. The first-order valence-electron chi connectivity index (χ1n) is 9.49. The van der Waals surface area contributed by atoms with Crippen molar-refractivity contribution in [3.8, 4) is 5.75 Å². The highest BCUT2D eigenvalue weighted by atomic mass is 16.5. The molecule has 4 rings (SSSR count). The molecule has 1 heterocycles. The maximum absolute atomic E-state index is 12.8. The van der Waals surface area contributed by atoms with E-state index < -0.39 is 0 Å². The van der Waals surface area contributed by atoms with Gasteiger partial charge in [0.2, 0.25) is 11.8 Å². The summed E-state index contributed by atoms with van der Waals surface area (Å²) in [5.41, 5.74) is 0.669. The van der Waals surface area contributed by atoms with Crippen LogP contribution in [-0.2, 0) is 9.59 Å². The Hall–Kier alpha value is -2.10. The third-order valence-corrected chi connectivity index (χ3v) is 5.83. The van der Waals surface area contributed by atoms with Crippen LogP contribution < -0.4 is 9.64 Å². The molecule has 25 heavy (non-hydrogen) atoms. The molecule has 0 spiro atoms. The number of fused-ring (bicyclic) bond motifs is 5. The summed E-state index contributed by atoms with van der Waals surface area (Å²) in [6.45, 7) is 2.90. The van der Waals surface area contributed by atoms with Crippen LogP contribution in [0.2, 0.25) is 0 Å². The molecule has 2 amide bonds. The third-order valence-electron chi connectivity index (χ3n) is 5.83. The Labute approximate surface area is 148 Å². The van der Waals surface area contributed by atoms with Crippen LogP contribution in [0.25, 0.3) is 0 Å². The minimum absolute atomic E-state index is 0.0277. The monoisotopic (exact) mass is 339 g/mol. The molecule has 2 bridgehead atoms. The molecule has 4 atom stereocenters. The number of hydrogen-bond acceptors (Lipinski definition) is 3. The van der Waals surface area contributed by atoms with Crippen molar-refractivity contribution in [2.45, 2.75) is 39.0 Å². The Morgan fingerprint density at radius 3 is 2.20 bits per heavy atom. The molecular weight excluding hydrogens is 314 g/mol. The first-order chi connectivity index (χ1) is 12.2. The molecule has 2 aliphatic carbocycles. The summed E-state index contributed by atoms with van der Waals surface area (Å²) >= 11 is 0. The van der Waals surface area contributed by atoms with Gasteiger partial charge in [-0.1, -0.05) is 38.3 Å². The predicted molar refractivity (Wildman–Crippen MR) is 96.3 cm³/mol. The quantitative estimate of drug-likeness (QED) is 0.429. The maximum Gasteiger partial charge on any atom is 0.238 e. The second-order valence-corrected chi connectivity index (χ2v) is 7.41. The van der Waals surface area contributed by atoms with Crippen molar-refractivity contribution >= 4 is 17.5 Å². The average Bonchev–Trinajstić information content (AvgIpc) is 3.30. The fourth-order valence-corrected chi connectivity index (χ4v) is 4.57. The molecule has 1 aromatic rings. The number of carbonyl (C=O) groups excluding carboxylic acids is 2. The van der Waals surface area contributed by atoms with E-state index in [0.717, 1.165) is 18.6 Å². The van der Waals surface area contributed by atoms with Crippen LogP contribution in [0.15, 0.2) is 36.4 Å². The van der Waals surface area contributed by atoms with Gasteiger partial charge in [-0.3, -0.25) is 14.5 Å². The minimum atomic E-state index is -0.142. The van der Waals surface area contributed by atoms with E-state index in [9.17, 15) is 9.59 Å². The number of unbranched alkanes of at least 4 members (excludes halogenated alkanes) is 3. The summed E-state index contributed by atoms with van der Waals surface area (Å²) in [5.74, 6) is 0.958. The van der Waals surface area contributed by atoms with E-state index in [2.05, 4.69) is 19.1 Å². The maximum atomic E-state index is 12.8. The van der Waals surface area contributed by atoms with E-state index >= 15 is 0 Å². The second kappa shape index (κ2) is 6.66. The van der Waals surface area contributed by atoms with Crippen LogP contribution in [-0.4, -0.2) is 18.4 Å². The van der Waals surface area contributed by atoms with Gasteiger partial charge in [-0.2, -0.15) is 0 Å². The van der Waals surface area contributed by atoms with E-state index in [1.54, 1.807) is 0 Å². The first-order valence-corrected chi connectivity index (χ1v) is 9.49. The first kappa shape index (κ1) is 16.4. The highest BCUT2D eigenvalue weighted by Crippen LogP contribution is 2.53. The van der Waals surface area contributed by atoms with E-state index in [4.69, 9.17) is 4.74 Å². The summed E-state index contributed by atoms with van der Waals surface area (Å²) in [4.78, 5) is 27.0. The number of allylic oxidation sites excluding steroid dienone is 2. The normalized spacial score (nSPS) is 29.6. The van der Waals surface area contributed by atoms with Gasteiger partial charge < -0.3 is 4.74 Å². The summed E-state index contributed by atoms with van der Waals surface area (Å²) < 4.78 is 5.74. The Morgan fingerprint density at radius 2 is 1.60 bits per heavy atom. The van der Waals surface area contributed by atoms with E-state index in [1.807, 2.05) is 24.3 Å². The van der Waals surface area contributed by atoms with Crippen molar-refractivity contribution in [2.24, 2.45) is 23.7 Å². The van der Waals surface area contributed by atoms with Crippen molar-refractivity contribution in [1.29, 1.82) is 0 Å². The number of benzene rings is 1. The Bertz CT molecular complexity index is 664. The number of rotatable bonds is 7. The zero-order valence-corrected chi connectivity index (χ0v) is 14.7. The minimum Gasteiger partial charge on any atom is -0.494 e. The molecule has 4 nitrogen and oxygen atoms in total. The topological polar surface area (TPSA) is 46.6 Å². The van der Waals surface area contributed by atoms with Crippen molar-refractivity contribution in [1.82, 2.24) is 0 Å². The van der Waals surface area contributed by atoms with Gasteiger partial charge >= 0.3 is 0 Å². The highest BCUT2D eigenvalue weighted by molar-refractivity contribution is 6.22.